The van der Waals surface area contributed by atoms with E-state index in [9.17, 15) is 24.4 Å². The summed E-state index contributed by atoms with van der Waals surface area (Å²) < 4.78 is 16.3. The number of anilines is 2. The van der Waals surface area contributed by atoms with Crippen LogP contribution >= 0.6 is 23.1 Å². The van der Waals surface area contributed by atoms with Crippen molar-refractivity contribution in [3.05, 3.63) is 99.6 Å². The van der Waals surface area contributed by atoms with E-state index >= 15 is 0 Å². The Morgan fingerprint density at radius 2 is 1.67 bits per heavy atom. The normalized spacial score (nSPS) is 12.2. The second-order valence-corrected chi connectivity index (χ2v) is 13.3. The zero-order valence-corrected chi connectivity index (χ0v) is 30.0. The van der Waals surface area contributed by atoms with Gasteiger partial charge in [-0.2, -0.15) is 5.26 Å². The summed E-state index contributed by atoms with van der Waals surface area (Å²) in [5.41, 5.74) is 2.49. The molecular weight excluding hydrogens is 691 g/mol. The zero-order chi connectivity index (χ0) is 36.5. The molecule has 0 atom stereocenters. The van der Waals surface area contributed by atoms with Gasteiger partial charge in [-0.1, -0.05) is 24.3 Å². The fraction of sp³-hybridized carbons (Fsp3) is 0.216. The first-order valence-corrected chi connectivity index (χ1v) is 17.5. The van der Waals surface area contributed by atoms with E-state index in [0.717, 1.165) is 10.4 Å². The molecule has 0 fully saturated rings. The number of benzene rings is 3. The van der Waals surface area contributed by atoms with Crippen molar-refractivity contribution < 1.29 is 33.4 Å². The number of rotatable bonds is 12. The zero-order valence-electron chi connectivity index (χ0n) is 28.3. The van der Waals surface area contributed by atoms with Gasteiger partial charge in [0.05, 0.1) is 39.2 Å². The number of hydrogen-bond donors (Lipinski definition) is 3. The third-order valence-electron chi connectivity index (χ3n) is 7.89. The molecule has 3 N–H and O–H groups in total. The molecular formula is C37H35N5O7S2. The molecule has 262 valence electrons. The summed E-state index contributed by atoms with van der Waals surface area (Å²) in [6, 6.07) is 20.9. The predicted molar refractivity (Wildman–Crippen MR) is 196 cm³/mol. The van der Waals surface area contributed by atoms with Crippen LogP contribution in [-0.2, 0) is 27.3 Å². The Morgan fingerprint density at radius 1 is 0.941 bits per heavy atom. The van der Waals surface area contributed by atoms with Crippen LogP contribution in [-0.4, -0.2) is 62.2 Å². The lowest BCUT2D eigenvalue weighted by atomic mass is 10.0. The number of thioether (sulfide) groups is 1. The molecule has 4 aromatic rings. The van der Waals surface area contributed by atoms with E-state index < -0.39 is 11.8 Å². The lowest BCUT2D eigenvalue weighted by Crippen LogP contribution is -2.33. The maximum absolute atomic E-state index is 13.7. The van der Waals surface area contributed by atoms with E-state index in [1.165, 1.54) is 57.4 Å². The fourth-order valence-corrected chi connectivity index (χ4v) is 7.30. The van der Waals surface area contributed by atoms with Gasteiger partial charge in [-0.3, -0.25) is 19.2 Å². The molecule has 0 saturated heterocycles. The highest BCUT2D eigenvalue weighted by molar-refractivity contribution is 8.00. The smallest absolute Gasteiger partial charge is 0.272 e. The average molecular weight is 726 g/mol. The van der Waals surface area contributed by atoms with Crippen molar-refractivity contribution in [1.82, 2.24) is 10.2 Å². The Labute approximate surface area is 303 Å². The second-order valence-electron chi connectivity index (χ2n) is 11.2. The predicted octanol–water partition coefficient (Wildman–Crippen LogP) is 5.69. The highest BCUT2D eigenvalue weighted by atomic mass is 32.2. The number of nitriles is 1. The molecule has 0 bridgehead atoms. The van der Waals surface area contributed by atoms with Crippen LogP contribution in [0.2, 0.25) is 0 Å². The minimum Gasteiger partial charge on any atom is -0.496 e. The number of carbonyl (C=O) groups excluding carboxylic acids is 4. The minimum atomic E-state index is -0.606. The molecule has 0 aliphatic carbocycles. The number of carbonyl (C=O) groups is 4. The van der Waals surface area contributed by atoms with Crippen LogP contribution in [0.1, 0.15) is 38.8 Å². The topological polar surface area (TPSA) is 159 Å². The molecule has 1 aliphatic rings. The van der Waals surface area contributed by atoms with Gasteiger partial charge in [0.2, 0.25) is 11.8 Å². The first-order chi connectivity index (χ1) is 24.6. The molecule has 1 aromatic heterocycles. The molecule has 3 aromatic carbocycles. The van der Waals surface area contributed by atoms with Crippen LogP contribution in [0.15, 0.2) is 77.3 Å². The summed E-state index contributed by atoms with van der Waals surface area (Å²) in [7, 11) is 4.46. The second kappa shape index (κ2) is 16.8. The van der Waals surface area contributed by atoms with E-state index in [1.54, 1.807) is 71.6 Å². The molecule has 0 spiro atoms. The lowest BCUT2D eigenvalue weighted by molar-refractivity contribution is -0.129. The van der Waals surface area contributed by atoms with Gasteiger partial charge in [-0.25, -0.2) is 0 Å². The number of ether oxygens (including phenoxy) is 3. The number of nitrogens with one attached hydrogen (secondary N) is 3. The first kappa shape index (κ1) is 36.5. The SMILES string of the molecule is COc1cc(OC)c(OC)cc1/C=C(/NC(=O)c1ccccc1)C(=O)Nc1cccc(SCC(=O)Nc2sc3c(c2C#N)CCN(C(C)=O)C3)c1. The lowest BCUT2D eigenvalue weighted by Gasteiger charge is -2.25. The van der Waals surface area contributed by atoms with E-state index in [1.807, 2.05) is 0 Å². The van der Waals surface area contributed by atoms with Gasteiger partial charge >= 0.3 is 0 Å². The van der Waals surface area contributed by atoms with Crippen molar-refractivity contribution in [2.75, 3.05) is 44.3 Å². The van der Waals surface area contributed by atoms with Gasteiger partial charge in [-0.15, -0.1) is 23.1 Å². The van der Waals surface area contributed by atoms with Crippen LogP contribution in [0.4, 0.5) is 10.7 Å². The fourth-order valence-electron chi connectivity index (χ4n) is 5.32. The van der Waals surface area contributed by atoms with Gasteiger partial charge in [0, 0.05) is 46.1 Å². The quantitative estimate of drug-likeness (QED) is 0.123. The van der Waals surface area contributed by atoms with Crippen LogP contribution < -0.4 is 30.2 Å². The maximum atomic E-state index is 13.7. The van der Waals surface area contributed by atoms with Crippen LogP contribution in [0.3, 0.4) is 0 Å². The van der Waals surface area contributed by atoms with Gasteiger partial charge in [0.15, 0.2) is 11.5 Å². The van der Waals surface area contributed by atoms with Crippen LogP contribution in [0, 0.1) is 11.3 Å². The standard InChI is InChI=1S/C37H35N5O7S2/c1-22(43)42-14-13-27-28(19-38)37(51-33(27)20-42)41-34(44)21-50-26-12-8-11-25(17-26)39-36(46)29(40-35(45)23-9-6-5-7-10-23)15-24-16-31(48-3)32(49-4)18-30(24)47-2/h5-12,15-18H,13-14,20-21H2,1-4H3,(H,39,46)(H,40,45)(H,41,44)/b29-15+. The summed E-state index contributed by atoms with van der Waals surface area (Å²) in [5, 5.41) is 18.7. The number of thiophene rings is 1. The highest BCUT2D eigenvalue weighted by Crippen LogP contribution is 2.37. The first-order valence-electron chi connectivity index (χ1n) is 15.7. The summed E-state index contributed by atoms with van der Waals surface area (Å²) in [4.78, 5) is 55.1. The van der Waals surface area contributed by atoms with Crippen LogP contribution in [0.5, 0.6) is 17.2 Å². The summed E-state index contributed by atoms with van der Waals surface area (Å²) in [5.74, 6) is -0.183. The summed E-state index contributed by atoms with van der Waals surface area (Å²) in [6.07, 6.45) is 2.04. The Bertz CT molecular complexity index is 2040. The monoisotopic (exact) mass is 725 g/mol. The molecule has 51 heavy (non-hydrogen) atoms. The van der Waals surface area contributed by atoms with Crippen molar-refractivity contribution in [3.63, 3.8) is 0 Å². The molecule has 0 saturated carbocycles. The van der Waals surface area contributed by atoms with Gasteiger partial charge in [0.25, 0.3) is 11.8 Å². The van der Waals surface area contributed by atoms with E-state index in [2.05, 4.69) is 22.0 Å². The van der Waals surface area contributed by atoms with Crippen molar-refractivity contribution >= 4 is 63.5 Å². The maximum Gasteiger partial charge on any atom is 0.272 e. The van der Waals surface area contributed by atoms with Crippen molar-refractivity contribution in [1.29, 1.82) is 5.26 Å². The summed E-state index contributed by atoms with van der Waals surface area (Å²) in [6.45, 7) is 2.47. The van der Waals surface area contributed by atoms with E-state index in [4.69, 9.17) is 14.2 Å². The number of amides is 4. The molecule has 0 radical (unpaired) electrons. The van der Waals surface area contributed by atoms with Gasteiger partial charge in [-0.05, 0) is 54.5 Å². The number of methoxy groups -OCH3 is 3. The third kappa shape index (κ3) is 8.88. The number of nitrogens with zero attached hydrogens (tertiary/aromatic N) is 2. The minimum absolute atomic E-state index is 0.0321. The Morgan fingerprint density at radius 3 is 2.35 bits per heavy atom. The molecule has 2 heterocycles. The van der Waals surface area contributed by atoms with Crippen molar-refractivity contribution in [2.24, 2.45) is 0 Å². The molecule has 0 unspecified atom stereocenters. The molecule has 4 amide bonds. The van der Waals surface area contributed by atoms with Gasteiger partial charge < -0.3 is 35.1 Å². The van der Waals surface area contributed by atoms with E-state index in [-0.39, 0.29) is 23.3 Å². The molecule has 5 rings (SSSR count). The highest BCUT2D eigenvalue weighted by Gasteiger charge is 2.26. The van der Waals surface area contributed by atoms with Crippen LogP contribution in [0.25, 0.3) is 6.08 Å². The van der Waals surface area contributed by atoms with E-state index in [0.29, 0.717) is 69.0 Å². The Kier molecular flexibility index (Phi) is 12.0. The number of hydrogen-bond acceptors (Lipinski definition) is 10. The summed E-state index contributed by atoms with van der Waals surface area (Å²) >= 11 is 2.57. The average Bonchev–Trinajstić information content (AvgIpc) is 3.49. The Hall–Kier alpha value is -5.78. The van der Waals surface area contributed by atoms with Crippen molar-refractivity contribution in [2.45, 2.75) is 24.8 Å². The number of fused-ring (bicyclic) bond motifs is 1. The third-order valence-corrected chi connectivity index (χ3v) is 10.0. The largest absolute Gasteiger partial charge is 0.496 e. The van der Waals surface area contributed by atoms with Gasteiger partial charge in [0.1, 0.15) is 22.5 Å². The molecule has 14 heteroatoms. The molecule has 12 nitrogen and oxygen atoms in total. The molecule has 1 aliphatic heterocycles. The Balaban J connectivity index is 1.31. The van der Waals surface area contributed by atoms with Crippen molar-refractivity contribution in [3.8, 4) is 23.3 Å².